The molecule has 6 aromatic carbocycles. The molecule has 0 amide bonds. The summed E-state index contributed by atoms with van der Waals surface area (Å²) in [5, 5.41) is 4.46. The zero-order chi connectivity index (χ0) is 35.0. The molecule has 1 aromatic heterocycles. The van der Waals surface area contributed by atoms with Gasteiger partial charge in [0, 0.05) is 27.8 Å². The van der Waals surface area contributed by atoms with Crippen molar-refractivity contribution in [3.63, 3.8) is 0 Å². The van der Waals surface area contributed by atoms with E-state index < -0.39 is 0 Å². The maximum atomic E-state index is 6.55. The van der Waals surface area contributed by atoms with E-state index in [1.807, 2.05) is 79.7 Å². The Balaban J connectivity index is 1.44. The van der Waals surface area contributed by atoms with Crippen LogP contribution in [0.1, 0.15) is 18.1 Å². The van der Waals surface area contributed by atoms with Crippen LogP contribution >= 0.6 is 0 Å². The van der Waals surface area contributed by atoms with Crippen LogP contribution < -0.4 is 5.73 Å². The molecular formula is C46H37N5. The second-order valence-electron chi connectivity index (χ2n) is 12.0. The van der Waals surface area contributed by atoms with Gasteiger partial charge in [-0.05, 0) is 40.1 Å². The van der Waals surface area contributed by atoms with Crippen molar-refractivity contribution in [3.05, 3.63) is 193 Å². The van der Waals surface area contributed by atoms with Crippen LogP contribution in [0.25, 0.3) is 55.4 Å². The summed E-state index contributed by atoms with van der Waals surface area (Å²) in [5.74, 6) is 1.48. The van der Waals surface area contributed by atoms with Gasteiger partial charge in [0.1, 0.15) is 5.84 Å². The number of allylic oxidation sites excluding steroid dienone is 3. The van der Waals surface area contributed by atoms with Gasteiger partial charge in [0.2, 0.25) is 0 Å². The molecule has 0 bridgehead atoms. The summed E-state index contributed by atoms with van der Waals surface area (Å²) in [5.41, 5.74) is 13.8. The number of rotatable bonds is 9. The molecule has 0 spiro atoms. The Morgan fingerprint density at radius 2 is 1.33 bits per heavy atom. The van der Waals surface area contributed by atoms with E-state index in [1.165, 1.54) is 0 Å². The molecule has 0 unspecified atom stereocenters. The SMILES string of the molecule is C=CC(=C\C=C/C)/C(=N/Cc1c(-c2nc(-c3ccccc3)cc(-c3cccc4ccccc34)n2)ccc2ccccc12)/N=C(\N)c1ccccc1. The Morgan fingerprint density at radius 3 is 2.08 bits per heavy atom. The van der Waals surface area contributed by atoms with Crippen molar-refractivity contribution >= 4 is 33.2 Å². The third-order valence-corrected chi connectivity index (χ3v) is 8.77. The van der Waals surface area contributed by atoms with Crippen molar-refractivity contribution in [1.29, 1.82) is 0 Å². The molecule has 0 aliphatic heterocycles. The van der Waals surface area contributed by atoms with E-state index in [9.17, 15) is 0 Å². The highest BCUT2D eigenvalue weighted by Crippen LogP contribution is 2.35. The summed E-state index contributed by atoms with van der Waals surface area (Å²) in [6.45, 7) is 6.34. The normalized spacial score (nSPS) is 12.5. The van der Waals surface area contributed by atoms with Gasteiger partial charge in [-0.3, -0.25) is 4.99 Å². The third kappa shape index (κ3) is 7.19. The first-order chi connectivity index (χ1) is 25.1. The summed E-state index contributed by atoms with van der Waals surface area (Å²) in [6, 6.07) is 49.4. The van der Waals surface area contributed by atoms with Gasteiger partial charge in [0.25, 0.3) is 0 Å². The molecule has 0 radical (unpaired) electrons. The maximum Gasteiger partial charge on any atom is 0.160 e. The predicted molar refractivity (Wildman–Crippen MR) is 215 cm³/mol. The monoisotopic (exact) mass is 659 g/mol. The van der Waals surface area contributed by atoms with E-state index in [2.05, 4.69) is 97.6 Å². The summed E-state index contributed by atoms with van der Waals surface area (Å²) >= 11 is 0. The van der Waals surface area contributed by atoms with Crippen molar-refractivity contribution in [2.75, 3.05) is 0 Å². The summed E-state index contributed by atoms with van der Waals surface area (Å²) in [4.78, 5) is 20.5. The largest absolute Gasteiger partial charge is 0.383 e. The molecule has 0 aliphatic rings. The maximum absolute atomic E-state index is 6.55. The zero-order valence-corrected chi connectivity index (χ0v) is 28.4. The first-order valence-electron chi connectivity index (χ1n) is 17.0. The van der Waals surface area contributed by atoms with E-state index in [0.717, 1.165) is 66.3 Å². The highest BCUT2D eigenvalue weighted by Gasteiger charge is 2.17. The number of hydrogen-bond acceptors (Lipinski definition) is 3. The van der Waals surface area contributed by atoms with Gasteiger partial charge in [0.05, 0.1) is 17.9 Å². The quantitative estimate of drug-likeness (QED) is 0.0952. The van der Waals surface area contributed by atoms with E-state index in [4.69, 9.17) is 25.7 Å². The first-order valence-corrected chi connectivity index (χ1v) is 17.0. The molecule has 0 saturated carbocycles. The van der Waals surface area contributed by atoms with E-state index in [1.54, 1.807) is 6.08 Å². The number of hydrogen-bond donors (Lipinski definition) is 1. The summed E-state index contributed by atoms with van der Waals surface area (Å²) in [7, 11) is 0. The molecule has 0 aliphatic carbocycles. The lowest BCUT2D eigenvalue weighted by Gasteiger charge is -2.15. The molecule has 7 aromatic rings. The first kappa shape index (κ1) is 32.8. The molecule has 5 nitrogen and oxygen atoms in total. The van der Waals surface area contributed by atoms with Crippen molar-refractivity contribution in [2.45, 2.75) is 13.5 Å². The Labute approximate surface area is 298 Å². The van der Waals surface area contributed by atoms with Crippen LogP contribution in [0.4, 0.5) is 0 Å². The number of aromatic nitrogens is 2. The molecule has 0 saturated heterocycles. The Morgan fingerprint density at radius 1 is 0.686 bits per heavy atom. The van der Waals surface area contributed by atoms with Crippen LogP contribution in [0.5, 0.6) is 0 Å². The zero-order valence-electron chi connectivity index (χ0n) is 28.4. The smallest absolute Gasteiger partial charge is 0.160 e. The van der Waals surface area contributed by atoms with Crippen molar-refractivity contribution in [1.82, 2.24) is 9.97 Å². The lowest BCUT2D eigenvalue weighted by molar-refractivity contribution is 1.06. The number of nitrogens with zero attached hydrogens (tertiary/aromatic N) is 4. The fraction of sp³-hybridized carbons (Fsp3) is 0.0435. The van der Waals surface area contributed by atoms with Crippen LogP contribution in [0.3, 0.4) is 0 Å². The van der Waals surface area contributed by atoms with E-state index in [0.29, 0.717) is 24.0 Å². The highest BCUT2D eigenvalue weighted by atomic mass is 15.0. The molecule has 5 heteroatoms. The van der Waals surface area contributed by atoms with Gasteiger partial charge >= 0.3 is 0 Å². The summed E-state index contributed by atoms with van der Waals surface area (Å²) < 4.78 is 0. The lowest BCUT2D eigenvalue weighted by atomic mass is 9.97. The third-order valence-electron chi connectivity index (χ3n) is 8.77. The van der Waals surface area contributed by atoms with Gasteiger partial charge in [-0.15, -0.1) is 0 Å². The number of benzene rings is 6. The topological polar surface area (TPSA) is 76.5 Å². The van der Waals surface area contributed by atoms with Crippen LogP contribution in [-0.2, 0) is 6.54 Å². The molecule has 0 fully saturated rings. The standard InChI is InChI=1S/C46H37N5/c1-3-5-17-32(4-2)45(51-44(47)36-22-10-7-11-23-36)48-31-41-38-26-15-13-19-34(38)28-29-40(41)46-49-42(35-20-8-6-9-21-35)30-43(50-46)39-27-16-24-33-18-12-14-25-37(33)39/h3-30H,2,31H2,1H3,(H2,47,48,51)/b5-3-,32-17+. The molecule has 246 valence electrons. The van der Waals surface area contributed by atoms with Crippen LogP contribution in [-0.4, -0.2) is 21.6 Å². The number of nitrogens with two attached hydrogens (primary N) is 1. The second kappa shape index (κ2) is 15.2. The summed E-state index contributed by atoms with van der Waals surface area (Å²) in [6.07, 6.45) is 7.61. The minimum absolute atomic E-state index is 0.307. The van der Waals surface area contributed by atoms with Crippen molar-refractivity contribution in [3.8, 4) is 33.9 Å². The van der Waals surface area contributed by atoms with Gasteiger partial charge in [-0.1, -0.05) is 170 Å². The van der Waals surface area contributed by atoms with E-state index in [-0.39, 0.29) is 0 Å². The van der Waals surface area contributed by atoms with Gasteiger partial charge < -0.3 is 5.73 Å². The molecule has 2 N–H and O–H groups in total. The predicted octanol–water partition coefficient (Wildman–Crippen LogP) is 10.8. The number of aliphatic imine (C=N–C) groups is 2. The van der Waals surface area contributed by atoms with Gasteiger partial charge in [-0.2, -0.15) is 0 Å². The molecule has 7 rings (SSSR count). The average molecular weight is 660 g/mol. The van der Waals surface area contributed by atoms with Gasteiger partial charge in [-0.25, -0.2) is 15.0 Å². The van der Waals surface area contributed by atoms with Crippen LogP contribution in [0, 0.1) is 0 Å². The second-order valence-corrected chi connectivity index (χ2v) is 12.0. The van der Waals surface area contributed by atoms with Gasteiger partial charge in [0.15, 0.2) is 11.7 Å². The average Bonchev–Trinajstić information content (AvgIpc) is 3.20. The molecule has 51 heavy (non-hydrogen) atoms. The molecule has 1 heterocycles. The fourth-order valence-corrected chi connectivity index (χ4v) is 6.19. The Bertz CT molecular complexity index is 2470. The minimum atomic E-state index is 0.307. The number of amidine groups is 2. The Kier molecular flexibility index (Phi) is 9.80. The minimum Gasteiger partial charge on any atom is -0.383 e. The van der Waals surface area contributed by atoms with Crippen LogP contribution in [0.2, 0.25) is 0 Å². The van der Waals surface area contributed by atoms with Crippen molar-refractivity contribution in [2.24, 2.45) is 15.7 Å². The Hall–Kier alpha value is -6.72. The number of fused-ring (bicyclic) bond motifs is 2. The highest BCUT2D eigenvalue weighted by molar-refractivity contribution is 6.12. The fourth-order valence-electron chi connectivity index (χ4n) is 6.19. The van der Waals surface area contributed by atoms with Crippen molar-refractivity contribution < 1.29 is 0 Å². The van der Waals surface area contributed by atoms with Crippen LogP contribution in [0.15, 0.2) is 192 Å². The molecular weight excluding hydrogens is 623 g/mol. The molecule has 0 atom stereocenters. The lowest BCUT2D eigenvalue weighted by Crippen LogP contribution is -2.16. The van der Waals surface area contributed by atoms with E-state index >= 15 is 0 Å².